The Bertz CT molecular complexity index is 299. The van der Waals surface area contributed by atoms with Gasteiger partial charge < -0.3 is 0 Å². The molecule has 1 rings (SSSR count). The van der Waals surface area contributed by atoms with Gasteiger partial charge in [-0.15, -0.1) is 0 Å². The molecule has 1 aliphatic carbocycles. The fourth-order valence-corrected chi connectivity index (χ4v) is 2.22. The molecule has 0 nitrogen and oxygen atoms in total. The maximum absolute atomic E-state index is 12.7. The average molecular weight is 274 g/mol. The van der Waals surface area contributed by atoms with Crippen molar-refractivity contribution in [2.45, 2.75) is 51.4 Å². The summed E-state index contributed by atoms with van der Waals surface area (Å²) in [6.07, 6.45) is -8.27. The highest BCUT2D eigenvalue weighted by Gasteiger charge is 2.48. The predicted octanol–water partition coefficient (Wildman–Crippen LogP) is 5.25. The van der Waals surface area contributed by atoms with Crippen molar-refractivity contribution in [3.8, 4) is 0 Å². The molecule has 0 aromatic carbocycles. The highest BCUT2D eigenvalue weighted by atomic mass is 19.4. The van der Waals surface area contributed by atoms with Crippen LogP contribution in [-0.2, 0) is 0 Å². The zero-order valence-corrected chi connectivity index (χ0v) is 10.0. The van der Waals surface area contributed by atoms with Crippen molar-refractivity contribution >= 4 is 0 Å². The fraction of sp³-hybridized carbons (Fsp3) is 0.833. The van der Waals surface area contributed by atoms with Crippen LogP contribution in [0.2, 0.25) is 0 Å². The molecule has 0 aromatic rings. The quantitative estimate of drug-likeness (QED) is 0.476. The molecule has 2 unspecified atom stereocenters. The Labute approximate surface area is 102 Å². The summed E-state index contributed by atoms with van der Waals surface area (Å²) in [4.78, 5) is 0. The minimum absolute atomic E-state index is 0.0934. The monoisotopic (exact) mass is 274 g/mol. The molecule has 0 heterocycles. The zero-order chi connectivity index (χ0) is 14.0. The van der Waals surface area contributed by atoms with Crippen molar-refractivity contribution < 1.29 is 26.3 Å². The predicted molar refractivity (Wildman–Crippen MR) is 55.9 cm³/mol. The number of allylic oxidation sites excluding steroid dienone is 2. The van der Waals surface area contributed by atoms with Gasteiger partial charge in [0.1, 0.15) is 0 Å². The second-order valence-corrected chi connectivity index (χ2v) is 4.91. The normalized spacial score (nSPS) is 24.4. The minimum atomic E-state index is -4.82. The van der Waals surface area contributed by atoms with Crippen LogP contribution >= 0.6 is 0 Å². The Kier molecular flexibility index (Phi) is 4.72. The van der Waals surface area contributed by atoms with Gasteiger partial charge >= 0.3 is 12.4 Å². The van der Waals surface area contributed by atoms with Gasteiger partial charge in [-0.1, -0.05) is 18.6 Å². The molecule has 0 aromatic heterocycles. The van der Waals surface area contributed by atoms with E-state index < -0.39 is 24.7 Å². The first-order chi connectivity index (χ1) is 8.09. The summed E-state index contributed by atoms with van der Waals surface area (Å²) in [6, 6.07) is 0. The standard InChI is InChI=1S/C12H16F6/c1-8-3-2-4-9(6-5-8)10(12(16,17)18)7-11(13,14)15/h4,8,10H,2-3,5-7H2,1H3. The molecule has 0 amide bonds. The van der Waals surface area contributed by atoms with Gasteiger partial charge in [-0.3, -0.25) is 0 Å². The molecule has 6 heteroatoms. The number of hydrogen-bond donors (Lipinski definition) is 0. The molecule has 1 aliphatic rings. The highest BCUT2D eigenvalue weighted by molar-refractivity contribution is 5.11. The van der Waals surface area contributed by atoms with Crippen LogP contribution in [0.5, 0.6) is 0 Å². The van der Waals surface area contributed by atoms with Crippen molar-refractivity contribution in [1.29, 1.82) is 0 Å². The van der Waals surface area contributed by atoms with Crippen LogP contribution in [0.3, 0.4) is 0 Å². The van der Waals surface area contributed by atoms with Crippen LogP contribution in [0.1, 0.15) is 39.0 Å². The molecule has 0 saturated carbocycles. The maximum Gasteiger partial charge on any atom is 0.395 e. The summed E-state index contributed by atoms with van der Waals surface area (Å²) in [6.45, 7) is 1.91. The number of hydrogen-bond acceptors (Lipinski definition) is 0. The van der Waals surface area contributed by atoms with Gasteiger partial charge in [0.15, 0.2) is 0 Å². The van der Waals surface area contributed by atoms with Crippen molar-refractivity contribution in [2.75, 3.05) is 0 Å². The minimum Gasteiger partial charge on any atom is -0.171 e. The lowest BCUT2D eigenvalue weighted by Crippen LogP contribution is -2.30. The Hall–Kier alpha value is -0.680. The third-order valence-electron chi connectivity index (χ3n) is 3.27. The van der Waals surface area contributed by atoms with Crippen LogP contribution < -0.4 is 0 Å². The lowest BCUT2D eigenvalue weighted by molar-refractivity contribution is -0.210. The molecular formula is C12H16F6. The molecule has 2 atom stereocenters. The molecule has 0 N–H and O–H groups in total. The zero-order valence-electron chi connectivity index (χ0n) is 10.0. The summed E-state index contributed by atoms with van der Waals surface area (Å²) in [5.74, 6) is -2.11. The molecule has 0 fully saturated rings. The van der Waals surface area contributed by atoms with E-state index in [1.165, 1.54) is 6.08 Å². The van der Waals surface area contributed by atoms with Crippen molar-refractivity contribution in [3.63, 3.8) is 0 Å². The van der Waals surface area contributed by atoms with Gasteiger partial charge in [-0.2, -0.15) is 26.3 Å². The van der Waals surface area contributed by atoms with Gasteiger partial charge in [-0.05, 0) is 31.6 Å². The topological polar surface area (TPSA) is 0 Å². The van der Waals surface area contributed by atoms with Gasteiger partial charge in [0, 0.05) is 0 Å². The molecular weight excluding hydrogens is 258 g/mol. The Morgan fingerprint density at radius 1 is 1.17 bits per heavy atom. The summed E-state index contributed by atoms with van der Waals surface area (Å²) in [5.41, 5.74) is -0.0934. The van der Waals surface area contributed by atoms with Crippen LogP contribution in [0.15, 0.2) is 11.6 Å². The van der Waals surface area contributed by atoms with E-state index in [-0.39, 0.29) is 17.9 Å². The number of rotatable bonds is 2. The smallest absolute Gasteiger partial charge is 0.171 e. The van der Waals surface area contributed by atoms with Gasteiger partial charge in [0.25, 0.3) is 0 Å². The van der Waals surface area contributed by atoms with E-state index in [4.69, 9.17) is 0 Å². The Morgan fingerprint density at radius 2 is 1.78 bits per heavy atom. The first-order valence-corrected chi connectivity index (χ1v) is 5.92. The SMILES string of the molecule is CC1CCC=C(C(CC(F)(F)F)C(F)(F)F)CC1. The van der Waals surface area contributed by atoms with E-state index >= 15 is 0 Å². The van der Waals surface area contributed by atoms with Gasteiger partial charge in [-0.25, -0.2) is 0 Å². The third kappa shape index (κ3) is 4.90. The Balaban J connectivity index is 2.86. The van der Waals surface area contributed by atoms with Crippen LogP contribution in [0.25, 0.3) is 0 Å². The molecule has 0 bridgehead atoms. The van der Waals surface area contributed by atoms with E-state index in [0.29, 0.717) is 12.8 Å². The first kappa shape index (κ1) is 15.4. The number of halogens is 6. The van der Waals surface area contributed by atoms with E-state index in [0.717, 1.165) is 6.42 Å². The molecule has 0 spiro atoms. The van der Waals surface area contributed by atoms with Crippen molar-refractivity contribution in [3.05, 3.63) is 11.6 Å². The lowest BCUT2D eigenvalue weighted by Gasteiger charge is -2.24. The Morgan fingerprint density at radius 3 is 2.28 bits per heavy atom. The number of alkyl halides is 6. The largest absolute Gasteiger partial charge is 0.395 e. The van der Waals surface area contributed by atoms with E-state index in [9.17, 15) is 26.3 Å². The van der Waals surface area contributed by atoms with E-state index in [2.05, 4.69) is 0 Å². The highest BCUT2D eigenvalue weighted by Crippen LogP contribution is 2.42. The summed E-state index contributed by atoms with van der Waals surface area (Å²) in [5, 5.41) is 0. The second-order valence-electron chi connectivity index (χ2n) is 4.91. The second kappa shape index (κ2) is 5.53. The van der Waals surface area contributed by atoms with Crippen LogP contribution in [0.4, 0.5) is 26.3 Å². The third-order valence-corrected chi connectivity index (χ3v) is 3.27. The van der Waals surface area contributed by atoms with Crippen molar-refractivity contribution in [1.82, 2.24) is 0 Å². The van der Waals surface area contributed by atoms with E-state index in [1.807, 2.05) is 6.92 Å². The average Bonchev–Trinajstić information content (AvgIpc) is 2.36. The first-order valence-electron chi connectivity index (χ1n) is 5.92. The lowest BCUT2D eigenvalue weighted by atomic mass is 9.90. The fourth-order valence-electron chi connectivity index (χ4n) is 2.22. The molecule has 0 saturated heterocycles. The summed E-state index contributed by atoms with van der Waals surface area (Å²) in [7, 11) is 0. The molecule has 106 valence electrons. The summed E-state index contributed by atoms with van der Waals surface area (Å²) < 4.78 is 74.9. The van der Waals surface area contributed by atoms with Gasteiger partial charge in [0.2, 0.25) is 0 Å². The molecule has 0 radical (unpaired) electrons. The molecule has 18 heavy (non-hydrogen) atoms. The van der Waals surface area contributed by atoms with Crippen molar-refractivity contribution in [2.24, 2.45) is 11.8 Å². The van der Waals surface area contributed by atoms with Crippen LogP contribution in [0, 0.1) is 11.8 Å². The van der Waals surface area contributed by atoms with E-state index in [1.54, 1.807) is 0 Å². The van der Waals surface area contributed by atoms with Gasteiger partial charge in [0.05, 0.1) is 12.3 Å². The maximum atomic E-state index is 12.7. The van der Waals surface area contributed by atoms with Crippen LogP contribution in [-0.4, -0.2) is 12.4 Å². The molecule has 0 aliphatic heterocycles. The summed E-state index contributed by atoms with van der Waals surface area (Å²) >= 11 is 0.